The lowest BCUT2D eigenvalue weighted by Crippen LogP contribution is -2.52. The first-order valence-electron chi connectivity index (χ1n) is 7.60. The number of hydrogen-bond acceptors (Lipinski definition) is 6. The number of halogens is 1. The van der Waals surface area contributed by atoms with E-state index < -0.39 is 0 Å². The molecule has 2 aromatic rings. The molecule has 0 spiro atoms. The lowest BCUT2D eigenvalue weighted by atomic mass is 10.1. The lowest BCUT2D eigenvalue weighted by Gasteiger charge is -2.37. The van der Waals surface area contributed by atoms with Crippen LogP contribution >= 0.6 is 23.7 Å². The highest BCUT2D eigenvalue weighted by molar-refractivity contribution is 7.15. The van der Waals surface area contributed by atoms with Gasteiger partial charge in [-0.1, -0.05) is 0 Å². The first-order chi connectivity index (χ1) is 10.4. The minimum Gasteiger partial charge on any atom is -0.324 e. The van der Waals surface area contributed by atoms with Gasteiger partial charge in [-0.2, -0.15) is 0 Å². The molecule has 2 N–H and O–H groups in total. The zero-order valence-electron chi connectivity index (χ0n) is 13.6. The van der Waals surface area contributed by atoms with Crippen molar-refractivity contribution in [2.75, 3.05) is 32.7 Å². The third-order valence-electron chi connectivity index (χ3n) is 3.84. The normalized spacial score (nSPS) is 17.3. The van der Waals surface area contributed by atoms with Crippen molar-refractivity contribution in [3.63, 3.8) is 0 Å². The van der Waals surface area contributed by atoms with Crippen molar-refractivity contribution in [1.29, 1.82) is 0 Å². The topological polar surface area (TPSA) is 66.9 Å². The summed E-state index contributed by atoms with van der Waals surface area (Å²) in [6.07, 6.45) is 1.77. The van der Waals surface area contributed by atoms with Gasteiger partial charge in [0.05, 0.1) is 5.69 Å². The Kier molecular flexibility index (Phi) is 5.80. The maximum Gasteiger partial charge on any atom is 0.258 e. The molecule has 0 aliphatic carbocycles. The highest BCUT2D eigenvalue weighted by Gasteiger charge is 2.22. The summed E-state index contributed by atoms with van der Waals surface area (Å²) in [6.45, 7) is 9.79. The summed E-state index contributed by atoms with van der Waals surface area (Å²) in [5.41, 5.74) is 6.80. The molecule has 1 aliphatic heterocycles. The molecular formula is C15H24ClN5OS. The van der Waals surface area contributed by atoms with Crippen LogP contribution in [0.3, 0.4) is 0 Å². The van der Waals surface area contributed by atoms with Crippen LogP contribution in [0.4, 0.5) is 0 Å². The fraction of sp³-hybridized carbons (Fsp3) is 0.600. The van der Waals surface area contributed by atoms with Crippen molar-refractivity contribution in [3.8, 4) is 0 Å². The van der Waals surface area contributed by atoms with Crippen LogP contribution in [0.2, 0.25) is 0 Å². The van der Waals surface area contributed by atoms with Crippen molar-refractivity contribution in [2.45, 2.75) is 25.9 Å². The minimum absolute atomic E-state index is 0. The Hall–Kier alpha value is -0.990. The van der Waals surface area contributed by atoms with Crippen LogP contribution in [-0.2, 0) is 6.54 Å². The van der Waals surface area contributed by atoms with Gasteiger partial charge < -0.3 is 5.73 Å². The molecule has 1 fully saturated rings. The minimum atomic E-state index is -0.150. The van der Waals surface area contributed by atoms with Crippen molar-refractivity contribution in [3.05, 3.63) is 33.7 Å². The van der Waals surface area contributed by atoms with Gasteiger partial charge >= 0.3 is 0 Å². The maximum atomic E-state index is 12.0. The van der Waals surface area contributed by atoms with Gasteiger partial charge in [-0.05, 0) is 13.8 Å². The molecule has 8 heteroatoms. The van der Waals surface area contributed by atoms with Crippen LogP contribution in [0, 0.1) is 0 Å². The molecule has 6 nitrogen and oxygen atoms in total. The molecule has 0 radical (unpaired) electrons. The second-order valence-corrected chi connectivity index (χ2v) is 7.56. The molecule has 1 aliphatic rings. The van der Waals surface area contributed by atoms with E-state index in [9.17, 15) is 4.79 Å². The third-order valence-corrected chi connectivity index (χ3v) is 4.59. The van der Waals surface area contributed by atoms with Gasteiger partial charge in [-0.15, -0.1) is 23.7 Å². The fourth-order valence-corrected chi connectivity index (χ4v) is 3.62. The molecule has 0 atom stereocenters. The number of aromatic nitrogens is 2. The van der Waals surface area contributed by atoms with E-state index in [1.165, 1.54) is 11.3 Å². The van der Waals surface area contributed by atoms with E-state index in [1.807, 2.05) is 5.38 Å². The molecule has 1 saturated heterocycles. The van der Waals surface area contributed by atoms with Crippen LogP contribution in [0.15, 0.2) is 22.4 Å². The van der Waals surface area contributed by atoms with E-state index in [0.29, 0.717) is 0 Å². The van der Waals surface area contributed by atoms with Crippen LogP contribution in [0.5, 0.6) is 0 Å². The van der Waals surface area contributed by atoms with Gasteiger partial charge in [0.2, 0.25) is 0 Å². The van der Waals surface area contributed by atoms with Crippen LogP contribution in [0.1, 0.15) is 19.5 Å². The highest BCUT2D eigenvalue weighted by atomic mass is 35.5. The van der Waals surface area contributed by atoms with Gasteiger partial charge in [0.15, 0.2) is 4.96 Å². The van der Waals surface area contributed by atoms with Gasteiger partial charge in [0.1, 0.15) is 0 Å². The standard InChI is InChI=1S/C15H23N5OS.ClH/c1-15(2,16)11-19-5-3-18(4-6-19)10-12-9-13(21)20-7-8-22-14(20)17-12;/h7-9H,3-6,10-11,16H2,1-2H3;1H. The average Bonchev–Trinajstić information content (AvgIpc) is 2.88. The molecule has 0 unspecified atom stereocenters. The number of piperazine rings is 1. The Morgan fingerprint density at radius 3 is 2.57 bits per heavy atom. The number of nitrogens with two attached hydrogens (primary N) is 1. The number of hydrogen-bond donors (Lipinski definition) is 1. The first kappa shape index (κ1) is 18.4. The van der Waals surface area contributed by atoms with Crippen molar-refractivity contribution >= 4 is 28.7 Å². The smallest absolute Gasteiger partial charge is 0.258 e. The lowest BCUT2D eigenvalue weighted by molar-refractivity contribution is 0.111. The molecule has 0 bridgehead atoms. The Bertz CT molecular complexity index is 700. The Labute approximate surface area is 146 Å². The maximum absolute atomic E-state index is 12.0. The highest BCUT2D eigenvalue weighted by Crippen LogP contribution is 2.11. The average molecular weight is 358 g/mol. The van der Waals surface area contributed by atoms with Gasteiger partial charge in [0, 0.05) is 62.5 Å². The molecule has 128 valence electrons. The summed E-state index contributed by atoms with van der Waals surface area (Å²) < 4.78 is 1.59. The molecule has 3 heterocycles. The third kappa shape index (κ3) is 4.74. The number of thiazole rings is 1. The largest absolute Gasteiger partial charge is 0.324 e. The predicted molar refractivity (Wildman–Crippen MR) is 96.6 cm³/mol. The summed E-state index contributed by atoms with van der Waals surface area (Å²) in [5.74, 6) is 0. The van der Waals surface area contributed by atoms with E-state index >= 15 is 0 Å². The van der Waals surface area contributed by atoms with Crippen molar-refractivity contribution in [1.82, 2.24) is 19.2 Å². The van der Waals surface area contributed by atoms with E-state index in [-0.39, 0.29) is 23.5 Å². The molecule has 0 aromatic carbocycles. The van der Waals surface area contributed by atoms with E-state index in [1.54, 1.807) is 16.7 Å². The Balaban J connectivity index is 0.00000192. The SMILES string of the molecule is CC(C)(N)CN1CCN(Cc2cc(=O)n3ccsc3n2)CC1.Cl. The number of fused-ring (bicyclic) bond motifs is 1. The van der Waals surface area contributed by atoms with Gasteiger partial charge in [-0.25, -0.2) is 4.98 Å². The Morgan fingerprint density at radius 1 is 1.26 bits per heavy atom. The second-order valence-electron chi connectivity index (χ2n) is 6.68. The van der Waals surface area contributed by atoms with Crippen LogP contribution in [0.25, 0.3) is 4.96 Å². The summed E-state index contributed by atoms with van der Waals surface area (Å²) in [4.78, 5) is 22.1. The van der Waals surface area contributed by atoms with Gasteiger partial charge in [0.25, 0.3) is 5.56 Å². The van der Waals surface area contributed by atoms with Crippen LogP contribution in [-0.4, -0.2) is 57.4 Å². The molecule has 2 aromatic heterocycles. The van der Waals surface area contributed by atoms with E-state index in [4.69, 9.17) is 5.73 Å². The first-order valence-corrected chi connectivity index (χ1v) is 8.48. The quantitative estimate of drug-likeness (QED) is 0.885. The number of nitrogens with zero attached hydrogens (tertiary/aromatic N) is 4. The zero-order valence-corrected chi connectivity index (χ0v) is 15.2. The summed E-state index contributed by atoms with van der Waals surface area (Å²) in [5, 5.41) is 1.89. The second kappa shape index (κ2) is 7.27. The van der Waals surface area contributed by atoms with Crippen molar-refractivity contribution < 1.29 is 0 Å². The molecule has 0 saturated carbocycles. The number of rotatable bonds is 4. The molecule has 3 rings (SSSR count). The molecular weight excluding hydrogens is 334 g/mol. The van der Waals surface area contributed by atoms with Crippen LogP contribution < -0.4 is 11.3 Å². The molecule has 0 amide bonds. The zero-order chi connectivity index (χ0) is 15.7. The van der Waals surface area contributed by atoms with E-state index in [0.717, 1.165) is 49.9 Å². The van der Waals surface area contributed by atoms with Gasteiger partial charge in [-0.3, -0.25) is 19.0 Å². The summed E-state index contributed by atoms with van der Waals surface area (Å²) >= 11 is 1.50. The fourth-order valence-electron chi connectivity index (χ4n) is 2.88. The van der Waals surface area contributed by atoms with Crippen molar-refractivity contribution in [2.24, 2.45) is 5.73 Å². The molecule has 23 heavy (non-hydrogen) atoms. The van der Waals surface area contributed by atoms with E-state index in [2.05, 4.69) is 28.6 Å². The summed E-state index contributed by atoms with van der Waals surface area (Å²) in [7, 11) is 0. The predicted octanol–water partition coefficient (Wildman–Crippen LogP) is 1.03. The summed E-state index contributed by atoms with van der Waals surface area (Å²) in [6, 6.07) is 1.65. The Morgan fingerprint density at radius 2 is 1.91 bits per heavy atom. The monoisotopic (exact) mass is 357 g/mol.